The topological polar surface area (TPSA) is 84.2 Å². The number of primary amides is 1. The highest BCUT2D eigenvalue weighted by atomic mass is 16.2. The van der Waals surface area contributed by atoms with Crippen LogP contribution in [0.15, 0.2) is 54.6 Å². The summed E-state index contributed by atoms with van der Waals surface area (Å²) in [7, 11) is 1.61. The molecular formula is C17H19N3O2. The third-order valence-corrected chi connectivity index (χ3v) is 3.33. The SMILES string of the molecule is CNC(=O)Cc1ccc(NC(C(N)=O)c2ccccc2)cc1. The molecule has 0 aliphatic rings. The van der Waals surface area contributed by atoms with E-state index in [4.69, 9.17) is 5.73 Å². The summed E-state index contributed by atoms with van der Waals surface area (Å²) >= 11 is 0. The zero-order chi connectivity index (χ0) is 15.9. The smallest absolute Gasteiger partial charge is 0.244 e. The fourth-order valence-electron chi connectivity index (χ4n) is 2.12. The summed E-state index contributed by atoms with van der Waals surface area (Å²) in [4.78, 5) is 23.0. The van der Waals surface area contributed by atoms with Gasteiger partial charge in [-0.05, 0) is 23.3 Å². The summed E-state index contributed by atoms with van der Waals surface area (Å²) in [6.07, 6.45) is 0.328. The molecule has 0 radical (unpaired) electrons. The zero-order valence-corrected chi connectivity index (χ0v) is 12.4. The predicted octanol–water partition coefficient (Wildman–Crippen LogP) is 1.61. The van der Waals surface area contributed by atoms with Crippen LogP contribution < -0.4 is 16.4 Å². The second-order valence-electron chi connectivity index (χ2n) is 4.94. The Morgan fingerprint density at radius 3 is 2.23 bits per heavy atom. The number of likely N-dealkylation sites (N-methyl/N-ethyl adjacent to an activating group) is 1. The molecule has 2 amide bonds. The van der Waals surface area contributed by atoms with Gasteiger partial charge < -0.3 is 16.4 Å². The Morgan fingerprint density at radius 1 is 1.05 bits per heavy atom. The molecule has 4 N–H and O–H groups in total. The van der Waals surface area contributed by atoms with Crippen LogP contribution in [0.2, 0.25) is 0 Å². The van der Waals surface area contributed by atoms with Gasteiger partial charge in [0.05, 0.1) is 6.42 Å². The Labute approximate surface area is 129 Å². The number of amides is 2. The van der Waals surface area contributed by atoms with Crippen LogP contribution in [0.25, 0.3) is 0 Å². The van der Waals surface area contributed by atoms with Gasteiger partial charge in [-0.1, -0.05) is 42.5 Å². The average molecular weight is 297 g/mol. The molecule has 5 nitrogen and oxygen atoms in total. The molecule has 1 unspecified atom stereocenters. The van der Waals surface area contributed by atoms with E-state index in [1.165, 1.54) is 0 Å². The number of anilines is 1. The largest absolute Gasteiger partial charge is 0.370 e. The maximum Gasteiger partial charge on any atom is 0.244 e. The lowest BCUT2D eigenvalue weighted by atomic mass is 10.1. The van der Waals surface area contributed by atoms with Gasteiger partial charge in [0, 0.05) is 12.7 Å². The summed E-state index contributed by atoms with van der Waals surface area (Å²) in [6, 6.07) is 16.1. The number of benzene rings is 2. The summed E-state index contributed by atoms with van der Waals surface area (Å²) < 4.78 is 0. The molecule has 0 saturated heterocycles. The monoisotopic (exact) mass is 297 g/mol. The number of rotatable bonds is 6. The van der Waals surface area contributed by atoms with Gasteiger partial charge in [0.25, 0.3) is 0 Å². The maximum absolute atomic E-state index is 11.7. The molecule has 0 saturated carbocycles. The first kappa shape index (κ1) is 15.6. The molecule has 0 spiro atoms. The van der Waals surface area contributed by atoms with Crippen LogP contribution >= 0.6 is 0 Å². The minimum absolute atomic E-state index is 0.0417. The van der Waals surface area contributed by atoms with Crippen molar-refractivity contribution in [3.63, 3.8) is 0 Å². The van der Waals surface area contributed by atoms with E-state index in [9.17, 15) is 9.59 Å². The number of hydrogen-bond donors (Lipinski definition) is 3. The van der Waals surface area contributed by atoms with Crippen LogP contribution in [0.4, 0.5) is 5.69 Å². The molecule has 0 aliphatic heterocycles. The number of nitrogens with one attached hydrogen (secondary N) is 2. The number of carbonyl (C=O) groups is 2. The Balaban J connectivity index is 2.11. The van der Waals surface area contributed by atoms with Gasteiger partial charge in [0.1, 0.15) is 6.04 Å². The molecule has 22 heavy (non-hydrogen) atoms. The quantitative estimate of drug-likeness (QED) is 0.757. The third-order valence-electron chi connectivity index (χ3n) is 3.33. The third kappa shape index (κ3) is 4.09. The van der Waals surface area contributed by atoms with Crippen LogP contribution in [0.1, 0.15) is 17.2 Å². The van der Waals surface area contributed by atoms with Crippen LogP contribution in [0, 0.1) is 0 Å². The molecule has 2 aromatic carbocycles. The van der Waals surface area contributed by atoms with Crippen LogP contribution in [0.3, 0.4) is 0 Å². The highest BCUT2D eigenvalue weighted by Gasteiger charge is 2.17. The predicted molar refractivity (Wildman–Crippen MR) is 86.2 cm³/mol. The maximum atomic E-state index is 11.7. The highest BCUT2D eigenvalue weighted by molar-refractivity contribution is 5.84. The summed E-state index contributed by atoms with van der Waals surface area (Å²) in [5, 5.41) is 5.70. The molecule has 0 fully saturated rings. The average Bonchev–Trinajstić information content (AvgIpc) is 2.54. The molecule has 0 bridgehead atoms. The first-order chi connectivity index (χ1) is 10.6. The van der Waals surface area contributed by atoms with Crippen LogP contribution in [0.5, 0.6) is 0 Å². The van der Waals surface area contributed by atoms with Gasteiger partial charge in [0.2, 0.25) is 11.8 Å². The fraction of sp³-hybridized carbons (Fsp3) is 0.176. The summed E-state index contributed by atoms with van der Waals surface area (Å²) in [6.45, 7) is 0. The van der Waals surface area contributed by atoms with E-state index >= 15 is 0 Å². The van der Waals surface area contributed by atoms with Gasteiger partial charge in [0.15, 0.2) is 0 Å². The zero-order valence-electron chi connectivity index (χ0n) is 12.4. The van der Waals surface area contributed by atoms with Crippen molar-refractivity contribution in [1.82, 2.24) is 5.32 Å². The minimum atomic E-state index is -0.592. The van der Waals surface area contributed by atoms with Crippen molar-refractivity contribution < 1.29 is 9.59 Å². The van der Waals surface area contributed by atoms with Crippen molar-refractivity contribution in [1.29, 1.82) is 0 Å². The summed E-state index contributed by atoms with van der Waals surface area (Å²) in [5.41, 5.74) is 7.96. The van der Waals surface area contributed by atoms with E-state index in [2.05, 4.69) is 10.6 Å². The molecule has 5 heteroatoms. The highest BCUT2D eigenvalue weighted by Crippen LogP contribution is 2.20. The number of hydrogen-bond acceptors (Lipinski definition) is 3. The van der Waals surface area contributed by atoms with E-state index in [-0.39, 0.29) is 5.91 Å². The number of carbonyl (C=O) groups excluding carboxylic acids is 2. The van der Waals surface area contributed by atoms with Gasteiger partial charge >= 0.3 is 0 Å². The van der Waals surface area contributed by atoms with Crippen molar-refractivity contribution in [2.75, 3.05) is 12.4 Å². The summed E-state index contributed by atoms with van der Waals surface area (Å²) in [5.74, 6) is -0.486. The lowest BCUT2D eigenvalue weighted by Gasteiger charge is -2.17. The van der Waals surface area contributed by atoms with E-state index in [1.807, 2.05) is 54.6 Å². The second kappa shape index (κ2) is 7.26. The molecular weight excluding hydrogens is 278 g/mol. The van der Waals surface area contributed by atoms with E-state index in [1.54, 1.807) is 7.05 Å². The first-order valence-corrected chi connectivity index (χ1v) is 7.00. The standard InChI is InChI=1S/C17H19N3O2/c1-19-15(21)11-12-7-9-14(10-8-12)20-16(17(18)22)13-5-3-2-4-6-13/h2-10,16,20H,11H2,1H3,(H2,18,22)(H,19,21). The minimum Gasteiger partial charge on any atom is -0.370 e. The Bertz CT molecular complexity index is 639. The second-order valence-corrected chi connectivity index (χ2v) is 4.94. The Morgan fingerprint density at radius 2 is 1.68 bits per heavy atom. The van der Waals surface area contributed by atoms with Crippen LogP contribution in [-0.2, 0) is 16.0 Å². The van der Waals surface area contributed by atoms with E-state index in [0.717, 1.165) is 16.8 Å². The molecule has 114 valence electrons. The van der Waals surface area contributed by atoms with Crippen molar-refractivity contribution >= 4 is 17.5 Å². The van der Waals surface area contributed by atoms with Gasteiger partial charge in [-0.3, -0.25) is 9.59 Å². The van der Waals surface area contributed by atoms with Gasteiger partial charge in [-0.25, -0.2) is 0 Å². The number of nitrogens with two attached hydrogens (primary N) is 1. The molecule has 1 atom stereocenters. The molecule has 0 heterocycles. The Hall–Kier alpha value is -2.82. The van der Waals surface area contributed by atoms with Crippen LogP contribution in [-0.4, -0.2) is 18.9 Å². The molecule has 0 aromatic heterocycles. The first-order valence-electron chi connectivity index (χ1n) is 7.00. The van der Waals surface area contributed by atoms with Crippen molar-refractivity contribution in [2.45, 2.75) is 12.5 Å². The Kier molecular flexibility index (Phi) is 5.14. The molecule has 2 aromatic rings. The molecule has 0 aliphatic carbocycles. The van der Waals surface area contributed by atoms with Crippen molar-refractivity contribution in [3.8, 4) is 0 Å². The van der Waals surface area contributed by atoms with E-state index < -0.39 is 11.9 Å². The van der Waals surface area contributed by atoms with Gasteiger partial charge in [-0.15, -0.1) is 0 Å². The molecule has 2 rings (SSSR count). The lowest BCUT2D eigenvalue weighted by molar-refractivity contribution is -0.120. The van der Waals surface area contributed by atoms with E-state index in [0.29, 0.717) is 6.42 Å². The van der Waals surface area contributed by atoms with Crippen molar-refractivity contribution in [2.24, 2.45) is 5.73 Å². The fourth-order valence-corrected chi connectivity index (χ4v) is 2.12. The lowest BCUT2D eigenvalue weighted by Crippen LogP contribution is -2.27. The normalized spacial score (nSPS) is 11.5. The van der Waals surface area contributed by atoms with Gasteiger partial charge in [-0.2, -0.15) is 0 Å². The van der Waals surface area contributed by atoms with Crippen molar-refractivity contribution in [3.05, 3.63) is 65.7 Å².